The molecule has 0 aliphatic carbocycles. The first-order valence-corrected chi connectivity index (χ1v) is 7.67. The SMILES string of the molecule is C=CN=C(C)N(C)c1cc(C(=O)N2CCC[C@H](C)C2)ccn1. The van der Waals surface area contributed by atoms with E-state index in [1.54, 1.807) is 12.3 Å². The van der Waals surface area contributed by atoms with Crippen LogP contribution >= 0.6 is 0 Å². The zero-order chi connectivity index (χ0) is 16.1. The van der Waals surface area contributed by atoms with E-state index in [0.717, 1.165) is 25.3 Å². The van der Waals surface area contributed by atoms with E-state index in [4.69, 9.17) is 0 Å². The predicted octanol–water partition coefficient (Wildman–Crippen LogP) is 2.95. The minimum absolute atomic E-state index is 0.0851. The number of amides is 1. The summed E-state index contributed by atoms with van der Waals surface area (Å²) in [4.78, 5) is 24.9. The third-order valence-corrected chi connectivity index (χ3v) is 4.04. The highest BCUT2D eigenvalue weighted by molar-refractivity contribution is 5.98. The van der Waals surface area contributed by atoms with E-state index in [1.165, 1.54) is 12.6 Å². The number of piperidine rings is 1. The predicted molar refractivity (Wildman–Crippen MR) is 90.2 cm³/mol. The number of nitrogens with zero attached hydrogens (tertiary/aromatic N) is 4. The summed E-state index contributed by atoms with van der Waals surface area (Å²) in [5, 5.41) is 0. The second kappa shape index (κ2) is 7.20. The van der Waals surface area contributed by atoms with Gasteiger partial charge >= 0.3 is 0 Å². The Kier molecular flexibility index (Phi) is 5.31. The van der Waals surface area contributed by atoms with E-state index in [1.807, 2.05) is 29.8 Å². The fourth-order valence-corrected chi connectivity index (χ4v) is 2.68. The van der Waals surface area contributed by atoms with Gasteiger partial charge in [-0.3, -0.25) is 4.79 Å². The van der Waals surface area contributed by atoms with Crippen molar-refractivity contribution >= 4 is 17.6 Å². The normalized spacial score (nSPS) is 19.0. The summed E-state index contributed by atoms with van der Waals surface area (Å²) in [6.07, 6.45) is 5.45. The molecule has 118 valence electrons. The molecule has 22 heavy (non-hydrogen) atoms. The van der Waals surface area contributed by atoms with Gasteiger partial charge in [0.25, 0.3) is 5.91 Å². The Morgan fingerprint density at radius 3 is 3.05 bits per heavy atom. The van der Waals surface area contributed by atoms with Crippen LogP contribution in [0.3, 0.4) is 0 Å². The lowest BCUT2D eigenvalue weighted by atomic mass is 9.99. The van der Waals surface area contributed by atoms with Crippen molar-refractivity contribution in [3.05, 3.63) is 36.7 Å². The van der Waals surface area contributed by atoms with E-state index < -0.39 is 0 Å². The highest BCUT2D eigenvalue weighted by Crippen LogP contribution is 2.19. The lowest BCUT2D eigenvalue weighted by Gasteiger charge is -2.31. The fraction of sp³-hybridized carbons (Fsp3) is 0.471. The molecule has 1 aliphatic rings. The van der Waals surface area contributed by atoms with Crippen LogP contribution in [-0.4, -0.2) is 41.8 Å². The summed E-state index contributed by atoms with van der Waals surface area (Å²) in [6, 6.07) is 3.60. The number of likely N-dealkylation sites (tertiary alicyclic amines) is 1. The molecule has 1 atom stereocenters. The molecule has 0 bridgehead atoms. The Morgan fingerprint density at radius 1 is 1.59 bits per heavy atom. The second-order valence-electron chi connectivity index (χ2n) is 5.82. The minimum Gasteiger partial charge on any atom is -0.338 e. The van der Waals surface area contributed by atoms with Crippen molar-refractivity contribution in [3.63, 3.8) is 0 Å². The first kappa shape index (κ1) is 16.2. The molecule has 2 heterocycles. The maximum absolute atomic E-state index is 12.6. The molecular formula is C17H24N4O. The van der Waals surface area contributed by atoms with Gasteiger partial charge in [-0.05, 0) is 37.8 Å². The number of carbonyl (C=O) groups is 1. The molecule has 1 aliphatic heterocycles. The minimum atomic E-state index is 0.0851. The maximum atomic E-state index is 12.6. The Hall–Kier alpha value is -2.17. The summed E-state index contributed by atoms with van der Waals surface area (Å²) >= 11 is 0. The van der Waals surface area contributed by atoms with Gasteiger partial charge in [0.2, 0.25) is 0 Å². The van der Waals surface area contributed by atoms with Gasteiger partial charge in [-0.25, -0.2) is 9.98 Å². The van der Waals surface area contributed by atoms with Crippen LogP contribution in [-0.2, 0) is 0 Å². The average Bonchev–Trinajstić information content (AvgIpc) is 2.53. The highest BCUT2D eigenvalue weighted by Gasteiger charge is 2.22. The van der Waals surface area contributed by atoms with Gasteiger partial charge in [0.15, 0.2) is 0 Å². The zero-order valence-corrected chi connectivity index (χ0v) is 13.6. The van der Waals surface area contributed by atoms with Gasteiger partial charge in [0.1, 0.15) is 11.7 Å². The number of hydrogen-bond donors (Lipinski definition) is 0. The van der Waals surface area contributed by atoms with Crippen molar-refractivity contribution in [3.8, 4) is 0 Å². The van der Waals surface area contributed by atoms with Crippen molar-refractivity contribution in [2.75, 3.05) is 25.0 Å². The molecule has 2 rings (SSSR count). The monoisotopic (exact) mass is 300 g/mol. The van der Waals surface area contributed by atoms with Crippen LogP contribution in [0.2, 0.25) is 0 Å². The third kappa shape index (κ3) is 3.72. The number of aliphatic imine (C=N–C) groups is 1. The first-order chi connectivity index (χ1) is 10.5. The van der Waals surface area contributed by atoms with Crippen molar-refractivity contribution in [2.24, 2.45) is 10.9 Å². The van der Waals surface area contributed by atoms with Crippen molar-refractivity contribution in [1.82, 2.24) is 9.88 Å². The number of carbonyl (C=O) groups excluding carboxylic acids is 1. The Bertz CT molecular complexity index is 582. The summed E-state index contributed by atoms with van der Waals surface area (Å²) in [5.74, 6) is 2.14. The molecule has 0 spiro atoms. The van der Waals surface area contributed by atoms with E-state index in [0.29, 0.717) is 17.3 Å². The summed E-state index contributed by atoms with van der Waals surface area (Å²) < 4.78 is 0. The highest BCUT2D eigenvalue weighted by atomic mass is 16.2. The lowest BCUT2D eigenvalue weighted by molar-refractivity contribution is 0.0683. The van der Waals surface area contributed by atoms with Crippen LogP contribution < -0.4 is 4.90 Å². The fourth-order valence-electron chi connectivity index (χ4n) is 2.68. The smallest absolute Gasteiger partial charge is 0.254 e. The van der Waals surface area contributed by atoms with Gasteiger partial charge in [-0.1, -0.05) is 13.5 Å². The van der Waals surface area contributed by atoms with E-state index in [9.17, 15) is 4.79 Å². The molecule has 1 aromatic heterocycles. The largest absolute Gasteiger partial charge is 0.338 e. The quantitative estimate of drug-likeness (QED) is 0.637. The van der Waals surface area contributed by atoms with Crippen LogP contribution in [0.1, 0.15) is 37.0 Å². The van der Waals surface area contributed by atoms with Gasteiger partial charge in [-0.15, -0.1) is 0 Å². The molecule has 1 saturated heterocycles. The molecule has 0 aromatic carbocycles. The van der Waals surface area contributed by atoms with Crippen LogP contribution in [0.25, 0.3) is 0 Å². The second-order valence-corrected chi connectivity index (χ2v) is 5.82. The Balaban J connectivity index is 2.19. The van der Waals surface area contributed by atoms with E-state index >= 15 is 0 Å². The van der Waals surface area contributed by atoms with Crippen LogP contribution in [0.4, 0.5) is 5.82 Å². The summed E-state index contributed by atoms with van der Waals surface area (Å²) in [5.41, 5.74) is 0.678. The van der Waals surface area contributed by atoms with Gasteiger partial charge < -0.3 is 9.80 Å². The molecule has 5 heteroatoms. The molecule has 5 nitrogen and oxygen atoms in total. The van der Waals surface area contributed by atoms with Crippen LogP contribution in [0.5, 0.6) is 0 Å². The molecule has 1 aromatic rings. The molecule has 0 radical (unpaired) electrons. The van der Waals surface area contributed by atoms with Gasteiger partial charge in [0.05, 0.1) is 0 Å². The average molecular weight is 300 g/mol. The number of anilines is 1. The molecule has 1 amide bonds. The van der Waals surface area contributed by atoms with E-state index in [-0.39, 0.29) is 5.91 Å². The lowest BCUT2D eigenvalue weighted by Crippen LogP contribution is -2.39. The Labute approximate surface area is 132 Å². The molecule has 0 N–H and O–H groups in total. The number of rotatable bonds is 3. The maximum Gasteiger partial charge on any atom is 0.254 e. The summed E-state index contributed by atoms with van der Waals surface area (Å²) in [7, 11) is 1.88. The first-order valence-electron chi connectivity index (χ1n) is 7.67. The van der Waals surface area contributed by atoms with Crippen LogP contribution in [0.15, 0.2) is 36.1 Å². The number of pyridine rings is 1. The van der Waals surface area contributed by atoms with Crippen molar-refractivity contribution in [1.29, 1.82) is 0 Å². The van der Waals surface area contributed by atoms with Crippen molar-refractivity contribution in [2.45, 2.75) is 26.7 Å². The molecule has 1 fully saturated rings. The number of hydrogen-bond acceptors (Lipinski definition) is 3. The standard InChI is InChI=1S/C17H24N4O/c1-5-18-14(3)20(4)16-11-15(8-9-19-16)17(22)21-10-6-7-13(2)12-21/h5,8-9,11,13H,1,6-7,10,12H2,2-4H3/t13-/m0/s1. The molecular weight excluding hydrogens is 276 g/mol. The topological polar surface area (TPSA) is 48.8 Å². The van der Waals surface area contributed by atoms with E-state index in [2.05, 4.69) is 23.5 Å². The van der Waals surface area contributed by atoms with Crippen molar-refractivity contribution < 1.29 is 4.79 Å². The molecule has 0 saturated carbocycles. The van der Waals surface area contributed by atoms with Gasteiger partial charge in [-0.2, -0.15) is 0 Å². The number of amidine groups is 1. The zero-order valence-electron chi connectivity index (χ0n) is 13.6. The Morgan fingerprint density at radius 2 is 2.36 bits per heavy atom. The van der Waals surface area contributed by atoms with Crippen LogP contribution in [0, 0.1) is 5.92 Å². The molecule has 0 unspecified atom stereocenters. The number of aromatic nitrogens is 1. The third-order valence-electron chi connectivity index (χ3n) is 4.04. The van der Waals surface area contributed by atoms with Gasteiger partial charge in [0, 0.05) is 38.1 Å². The summed E-state index contributed by atoms with van der Waals surface area (Å²) in [6.45, 7) is 9.35.